The van der Waals surface area contributed by atoms with Crippen molar-refractivity contribution in [3.8, 4) is 0 Å². The topological polar surface area (TPSA) is 64.3 Å². The van der Waals surface area contributed by atoms with Crippen LogP contribution in [0.25, 0.3) is 0 Å². The lowest BCUT2D eigenvalue weighted by atomic mass is 10.1. The molecule has 0 radical (unpaired) electrons. The van der Waals surface area contributed by atoms with Gasteiger partial charge in [0.15, 0.2) is 0 Å². The molecular formula is C11H16N2O2. The van der Waals surface area contributed by atoms with E-state index in [1.807, 2.05) is 32.0 Å². The zero-order chi connectivity index (χ0) is 11.3. The molecule has 0 fully saturated rings. The van der Waals surface area contributed by atoms with Crippen LogP contribution in [0.15, 0.2) is 24.3 Å². The van der Waals surface area contributed by atoms with Crippen LogP contribution in [0.3, 0.4) is 0 Å². The third kappa shape index (κ3) is 4.10. The van der Waals surface area contributed by atoms with E-state index in [4.69, 9.17) is 10.6 Å². The van der Waals surface area contributed by atoms with Crippen molar-refractivity contribution in [3.05, 3.63) is 35.4 Å². The second-order valence-electron chi connectivity index (χ2n) is 3.51. The van der Waals surface area contributed by atoms with Gasteiger partial charge in [-0.1, -0.05) is 29.8 Å². The van der Waals surface area contributed by atoms with E-state index in [2.05, 4.69) is 11.5 Å². The normalized spacial score (nSPS) is 12.4. The molecular weight excluding hydrogens is 192 g/mol. The molecule has 0 aliphatic carbocycles. The molecule has 1 aromatic carbocycles. The molecule has 82 valence electrons. The van der Waals surface area contributed by atoms with Gasteiger partial charge < -0.3 is 5.73 Å². The van der Waals surface area contributed by atoms with E-state index in [9.17, 15) is 4.79 Å². The Labute approximate surface area is 89.4 Å². The highest BCUT2D eigenvalue weighted by Gasteiger charge is 2.05. The summed E-state index contributed by atoms with van der Waals surface area (Å²) in [5.41, 5.74) is 10.00. The van der Waals surface area contributed by atoms with Gasteiger partial charge in [0.25, 0.3) is 0 Å². The van der Waals surface area contributed by atoms with Crippen molar-refractivity contribution in [1.29, 1.82) is 0 Å². The highest BCUT2D eigenvalue weighted by molar-refractivity contribution is 5.74. The zero-order valence-electron chi connectivity index (χ0n) is 8.99. The van der Waals surface area contributed by atoms with Crippen LogP contribution in [-0.2, 0) is 9.63 Å². The maximum absolute atomic E-state index is 10.4. The van der Waals surface area contributed by atoms with E-state index < -0.39 is 5.91 Å². The van der Waals surface area contributed by atoms with Crippen LogP contribution < -0.4 is 11.2 Å². The minimum Gasteiger partial charge on any atom is -0.368 e. The monoisotopic (exact) mass is 208 g/mol. The Morgan fingerprint density at radius 3 is 2.93 bits per heavy atom. The van der Waals surface area contributed by atoms with Crippen molar-refractivity contribution in [2.75, 3.05) is 6.61 Å². The van der Waals surface area contributed by atoms with Crippen LogP contribution in [0.4, 0.5) is 0 Å². The number of nitrogens with two attached hydrogens (primary N) is 1. The molecule has 1 atom stereocenters. The van der Waals surface area contributed by atoms with Gasteiger partial charge >= 0.3 is 0 Å². The second-order valence-corrected chi connectivity index (χ2v) is 3.51. The number of nitrogens with one attached hydrogen (secondary N) is 1. The molecule has 0 bridgehead atoms. The number of aryl methyl sites for hydroxylation is 1. The van der Waals surface area contributed by atoms with Crippen molar-refractivity contribution in [2.45, 2.75) is 19.9 Å². The number of hydroxylamine groups is 1. The Morgan fingerprint density at radius 1 is 1.60 bits per heavy atom. The van der Waals surface area contributed by atoms with E-state index in [1.165, 1.54) is 5.56 Å². The summed E-state index contributed by atoms with van der Waals surface area (Å²) in [4.78, 5) is 15.4. The highest BCUT2D eigenvalue weighted by Crippen LogP contribution is 2.13. The van der Waals surface area contributed by atoms with Gasteiger partial charge in [-0.2, -0.15) is 5.48 Å². The third-order valence-corrected chi connectivity index (χ3v) is 2.02. The van der Waals surface area contributed by atoms with Gasteiger partial charge in [-0.05, 0) is 19.4 Å². The Bertz CT molecular complexity index is 339. The predicted molar refractivity (Wildman–Crippen MR) is 57.9 cm³/mol. The Balaban J connectivity index is 2.46. The number of rotatable bonds is 5. The van der Waals surface area contributed by atoms with Gasteiger partial charge in [0, 0.05) is 0 Å². The number of hydrogen-bond acceptors (Lipinski definition) is 3. The van der Waals surface area contributed by atoms with Gasteiger partial charge in [0.1, 0.15) is 6.61 Å². The summed E-state index contributed by atoms with van der Waals surface area (Å²) in [6, 6.07) is 8.10. The van der Waals surface area contributed by atoms with Crippen molar-refractivity contribution in [2.24, 2.45) is 5.73 Å². The number of amides is 1. The number of benzene rings is 1. The summed E-state index contributed by atoms with van der Waals surface area (Å²) in [6.45, 7) is 3.87. The molecule has 4 nitrogen and oxygen atoms in total. The van der Waals surface area contributed by atoms with Crippen molar-refractivity contribution >= 4 is 5.91 Å². The molecule has 0 heterocycles. The number of carbonyl (C=O) groups excluding carboxylic acids is 1. The van der Waals surface area contributed by atoms with Crippen LogP contribution >= 0.6 is 0 Å². The molecule has 1 rings (SSSR count). The Kier molecular flexibility index (Phi) is 4.27. The fourth-order valence-corrected chi connectivity index (χ4v) is 1.25. The molecule has 15 heavy (non-hydrogen) atoms. The van der Waals surface area contributed by atoms with E-state index in [0.717, 1.165) is 5.56 Å². The molecule has 3 N–H and O–H groups in total. The summed E-state index contributed by atoms with van der Waals surface area (Å²) in [6.07, 6.45) is 0. The van der Waals surface area contributed by atoms with Crippen LogP contribution in [0.2, 0.25) is 0 Å². The molecule has 0 saturated carbocycles. The first-order valence-electron chi connectivity index (χ1n) is 4.82. The molecule has 0 aromatic heterocycles. The first kappa shape index (κ1) is 11.7. The smallest absolute Gasteiger partial charge is 0.245 e. The summed E-state index contributed by atoms with van der Waals surface area (Å²) >= 11 is 0. The number of primary amides is 1. The summed E-state index contributed by atoms with van der Waals surface area (Å²) in [5.74, 6) is -0.487. The van der Waals surface area contributed by atoms with E-state index in [1.54, 1.807) is 0 Å². The first-order valence-corrected chi connectivity index (χ1v) is 4.82. The minimum atomic E-state index is -0.487. The van der Waals surface area contributed by atoms with E-state index in [-0.39, 0.29) is 12.6 Å². The van der Waals surface area contributed by atoms with Crippen molar-refractivity contribution in [1.82, 2.24) is 5.48 Å². The summed E-state index contributed by atoms with van der Waals surface area (Å²) in [5, 5.41) is 0. The van der Waals surface area contributed by atoms with Gasteiger partial charge in [-0.25, -0.2) is 0 Å². The zero-order valence-corrected chi connectivity index (χ0v) is 8.99. The van der Waals surface area contributed by atoms with Gasteiger partial charge in [-0.15, -0.1) is 0 Å². The largest absolute Gasteiger partial charge is 0.368 e. The molecule has 1 unspecified atom stereocenters. The third-order valence-electron chi connectivity index (χ3n) is 2.02. The first-order chi connectivity index (χ1) is 7.09. The van der Waals surface area contributed by atoms with Crippen molar-refractivity contribution in [3.63, 3.8) is 0 Å². The average molecular weight is 208 g/mol. The second kappa shape index (κ2) is 5.48. The lowest BCUT2D eigenvalue weighted by molar-refractivity contribution is -0.126. The van der Waals surface area contributed by atoms with Crippen molar-refractivity contribution < 1.29 is 9.63 Å². The van der Waals surface area contributed by atoms with Crippen LogP contribution in [0, 0.1) is 6.92 Å². The minimum absolute atomic E-state index is 0.0317. The molecule has 4 heteroatoms. The molecule has 0 saturated heterocycles. The Morgan fingerprint density at radius 2 is 2.33 bits per heavy atom. The van der Waals surface area contributed by atoms with Gasteiger partial charge in [0.05, 0.1) is 6.04 Å². The van der Waals surface area contributed by atoms with Crippen LogP contribution in [0.1, 0.15) is 24.1 Å². The van der Waals surface area contributed by atoms with Gasteiger partial charge in [-0.3, -0.25) is 9.63 Å². The maximum atomic E-state index is 10.4. The SMILES string of the molecule is Cc1cccc(C(C)NOCC(N)=O)c1. The number of hydrogen-bond donors (Lipinski definition) is 2. The van der Waals surface area contributed by atoms with Gasteiger partial charge in [0.2, 0.25) is 5.91 Å². The quantitative estimate of drug-likeness (QED) is 0.711. The van der Waals surface area contributed by atoms with Crippen LogP contribution in [0.5, 0.6) is 0 Å². The molecule has 0 aliphatic heterocycles. The fourth-order valence-electron chi connectivity index (χ4n) is 1.25. The predicted octanol–water partition coefficient (Wildman–Crippen LogP) is 1.06. The number of carbonyl (C=O) groups is 1. The lowest BCUT2D eigenvalue weighted by Gasteiger charge is -2.13. The molecule has 0 spiro atoms. The molecule has 0 aliphatic rings. The van der Waals surface area contributed by atoms with Crippen LogP contribution in [-0.4, -0.2) is 12.5 Å². The molecule has 1 amide bonds. The van der Waals surface area contributed by atoms with E-state index >= 15 is 0 Å². The fraction of sp³-hybridized carbons (Fsp3) is 0.364. The van der Waals surface area contributed by atoms with E-state index in [0.29, 0.717) is 0 Å². The summed E-state index contributed by atoms with van der Waals surface area (Å²) < 4.78 is 0. The standard InChI is InChI=1S/C11H16N2O2/c1-8-4-3-5-10(6-8)9(2)13-15-7-11(12)14/h3-6,9,13H,7H2,1-2H3,(H2,12,14). The maximum Gasteiger partial charge on any atom is 0.245 e. The Hall–Kier alpha value is -1.39. The highest BCUT2D eigenvalue weighted by atomic mass is 16.6. The average Bonchev–Trinajstić information content (AvgIpc) is 2.17. The molecule has 1 aromatic rings. The summed E-state index contributed by atoms with van der Waals surface area (Å²) in [7, 11) is 0. The lowest BCUT2D eigenvalue weighted by Crippen LogP contribution is -2.26.